The summed E-state index contributed by atoms with van der Waals surface area (Å²) in [6.07, 6.45) is 11.7. The molecule has 1 atom stereocenters. The maximum atomic E-state index is 5.58. The molecule has 0 aliphatic carbocycles. The quantitative estimate of drug-likeness (QED) is 0.397. The van der Waals surface area contributed by atoms with Crippen LogP contribution in [0.4, 0.5) is 0 Å². The molecule has 0 spiro atoms. The van der Waals surface area contributed by atoms with Gasteiger partial charge in [-0.1, -0.05) is 58.8 Å². The molecule has 0 bridgehead atoms. The Bertz CT molecular complexity index is 207. The zero-order valence-corrected chi connectivity index (χ0v) is 15.8. The van der Waals surface area contributed by atoms with Crippen molar-refractivity contribution in [3.05, 3.63) is 0 Å². The summed E-state index contributed by atoms with van der Waals surface area (Å²) in [6, 6.07) is 0. The highest BCUT2D eigenvalue weighted by Crippen LogP contribution is 2.31. The summed E-state index contributed by atoms with van der Waals surface area (Å²) in [6.45, 7) is 7.77. The van der Waals surface area contributed by atoms with Crippen molar-refractivity contribution in [1.82, 2.24) is 0 Å². The van der Waals surface area contributed by atoms with Gasteiger partial charge in [-0.2, -0.15) is 0 Å². The minimum absolute atomic E-state index is 0.403. The maximum absolute atomic E-state index is 5.58. The molecule has 0 aromatic heterocycles. The van der Waals surface area contributed by atoms with Gasteiger partial charge in [-0.3, -0.25) is 0 Å². The molecule has 1 unspecified atom stereocenters. The number of ether oxygens (including phenoxy) is 2. The monoisotopic (exact) mass is 318 g/mol. The lowest BCUT2D eigenvalue weighted by Crippen LogP contribution is -2.38. The molecule has 4 nitrogen and oxygen atoms in total. The normalized spacial score (nSPS) is 12.7. The first-order chi connectivity index (χ1) is 10.6. The summed E-state index contributed by atoms with van der Waals surface area (Å²) in [5.74, 6) is 0.114. The highest BCUT2D eigenvalue weighted by molar-refractivity contribution is 4.74. The second-order valence-corrected chi connectivity index (χ2v) is 6.04. The van der Waals surface area contributed by atoms with Gasteiger partial charge in [0.2, 0.25) is 0 Å². The van der Waals surface area contributed by atoms with Crippen molar-refractivity contribution in [3.8, 4) is 0 Å². The number of methoxy groups -OCH3 is 2. The third-order valence-corrected chi connectivity index (χ3v) is 4.26. The van der Waals surface area contributed by atoms with Crippen LogP contribution in [0, 0.1) is 5.92 Å². The number of hydrogen-bond donors (Lipinski definition) is 2. The molecule has 0 rings (SSSR count). The van der Waals surface area contributed by atoms with E-state index in [1.54, 1.807) is 14.2 Å². The maximum Gasteiger partial charge on any atom is 0.167 e. The summed E-state index contributed by atoms with van der Waals surface area (Å²) < 4.78 is 11.2. The van der Waals surface area contributed by atoms with Crippen LogP contribution in [0.5, 0.6) is 0 Å². The fourth-order valence-electron chi connectivity index (χ4n) is 2.60. The largest absolute Gasteiger partial charge is 0.353 e. The van der Waals surface area contributed by atoms with Gasteiger partial charge in [0.1, 0.15) is 0 Å². The van der Waals surface area contributed by atoms with E-state index in [4.69, 9.17) is 20.9 Å². The molecule has 0 heterocycles. The predicted octanol–water partition coefficient (Wildman–Crippen LogP) is 4.07. The van der Waals surface area contributed by atoms with Gasteiger partial charge in [0, 0.05) is 33.2 Å². The zero-order chi connectivity index (χ0) is 17.3. The van der Waals surface area contributed by atoms with Crippen LogP contribution in [0.25, 0.3) is 0 Å². The number of hydrogen-bond acceptors (Lipinski definition) is 4. The van der Waals surface area contributed by atoms with Gasteiger partial charge in [0.05, 0.1) is 0 Å². The van der Waals surface area contributed by atoms with E-state index >= 15 is 0 Å². The van der Waals surface area contributed by atoms with Gasteiger partial charge in [0.15, 0.2) is 5.79 Å². The summed E-state index contributed by atoms with van der Waals surface area (Å²) in [7, 11) is 3.51. The number of unbranched alkanes of at least 4 members (excludes halogenated alkanes) is 5. The van der Waals surface area contributed by atoms with Crippen LogP contribution in [0.2, 0.25) is 0 Å². The van der Waals surface area contributed by atoms with Gasteiger partial charge >= 0.3 is 0 Å². The Morgan fingerprint density at radius 3 is 1.68 bits per heavy atom. The van der Waals surface area contributed by atoms with E-state index in [0.29, 0.717) is 19.0 Å². The van der Waals surface area contributed by atoms with Crippen LogP contribution in [-0.2, 0) is 9.47 Å². The van der Waals surface area contributed by atoms with Crippen LogP contribution in [-0.4, -0.2) is 33.1 Å². The van der Waals surface area contributed by atoms with E-state index in [-0.39, 0.29) is 0 Å². The highest BCUT2D eigenvalue weighted by Gasteiger charge is 2.32. The van der Waals surface area contributed by atoms with Crippen molar-refractivity contribution < 1.29 is 9.47 Å². The first-order valence-electron chi connectivity index (χ1n) is 9.06. The van der Waals surface area contributed by atoms with Gasteiger partial charge in [-0.15, -0.1) is 0 Å². The second-order valence-electron chi connectivity index (χ2n) is 6.04. The molecular weight excluding hydrogens is 276 g/mol. The smallest absolute Gasteiger partial charge is 0.167 e. The zero-order valence-electron chi connectivity index (χ0n) is 15.8. The summed E-state index contributed by atoms with van der Waals surface area (Å²) >= 11 is 0. The molecule has 22 heavy (non-hydrogen) atoms. The Morgan fingerprint density at radius 1 is 0.773 bits per heavy atom. The summed E-state index contributed by atoms with van der Waals surface area (Å²) in [5, 5.41) is 0. The molecule has 0 amide bonds. The van der Waals surface area contributed by atoms with Gasteiger partial charge < -0.3 is 20.9 Å². The van der Waals surface area contributed by atoms with Gasteiger partial charge in [0.25, 0.3) is 0 Å². The molecule has 0 radical (unpaired) electrons. The molecule has 0 aromatic rings. The lowest BCUT2D eigenvalue weighted by Gasteiger charge is -2.35. The van der Waals surface area contributed by atoms with Crippen LogP contribution >= 0.6 is 0 Å². The van der Waals surface area contributed by atoms with Crippen LogP contribution in [0.1, 0.15) is 78.6 Å². The third kappa shape index (κ3) is 12.4. The molecule has 136 valence electrons. The van der Waals surface area contributed by atoms with Crippen molar-refractivity contribution in [3.63, 3.8) is 0 Å². The highest BCUT2D eigenvalue weighted by atomic mass is 16.7. The molecule has 0 aromatic carbocycles. The van der Waals surface area contributed by atoms with Crippen molar-refractivity contribution >= 4 is 0 Å². The molecule has 0 saturated carbocycles. The molecule has 4 heteroatoms. The van der Waals surface area contributed by atoms with Gasteiger partial charge in [-0.25, -0.2) is 0 Å². The van der Waals surface area contributed by atoms with Crippen LogP contribution in [0.15, 0.2) is 0 Å². The van der Waals surface area contributed by atoms with E-state index in [9.17, 15) is 0 Å². The van der Waals surface area contributed by atoms with Gasteiger partial charge in [-0.05, 0) is 19.8 Å². The lowest BCUT2D eigenvalue weighted by atomic mass is 9.89. The Balaban J connectivity index is 0. The van der Waals surface area contributed by atoms with E-state index in [0.717, 1.165) is 0 Å². The first kappa shape index (κ1) is 24.1. The van der Waals surface area contributed by atoms with Crippen molar-refractivity contribution in [2.24, 2.45) is 17.4 Å². The Hall–Kier alpha value is -0.160. The molecule has 4 N–H and O–H groups in total. The molecule has 0 saturated heterocycles. The SMILES string of the molecule is CCCCCCCCC(CCC)C(C)(OC)OC.NCCN. The van der Waals surface area contributed by atoms with Crippen molar-refractivity contribution in [2.45, 2.75) is 84.3 Å². The Kier molecular flexibility index (Phi) is 18.8. The molecular formula is C18H42N2O2. The average molecular weight is 319 g/mol. The third-order valence-electron chi connectivity index (χ3n) is 4.26. The molecule has 0 aliphatic heterocycles. The van der Waals surface area contributed by atoms with Crippen LogP contribution in [0.3, 0.4) is 0 Å². The van der Waals surface area contributed by atoms with E-state index in [1.807, 2.05) is 0 Å². The van der Waals surface area contributed by atoms with Crippen molar-refractivity contribution in [1.29, 1.82) is 0 Å². The lowest BCUT2D eigenvalue weighted by molar-refractivity contribution is -0.230. The predicted molar refractivity (Wildman–Crippen MR) is 96.9 cm³/mol. The summed E-state index contributed by atoms with van der Waals surface area (Å²) in [4.78, 5) is 0. The Labute approximate surface area is 139 Å². The average Bonchev–Trinajstić information content (AvgIpc) is 2.56. The minimum Gasteiger partial charge on any atom is -0.353 e. The topological polar surface area (TPSA) is 70.5 Å². The second kappa shape index (κ2) is 17.2. The first-order valence-corrected chi connectivity index (χ1v) is 9.06. The molecule has 0 fully saturated rings. The van der Waals surface area contributed by atoms with Crippen molar-refractivity contribution in [2.75, 3.05) is 27.3 Å². The summed E-state index contributed by atoms with van der Waals surface area (Å²) in [5.41, 5.74) is 9.81. The minimum atomic E-state index is -0.403. The fourth-order valence-corrected chi connectivity index (χ4v) is 2.60. The number of nitrogens with two attached hydrogens (primary N) is 2. The standard InChI is InChI=1S/C16H34O2.C2H8N2/c1-6-8-9-10-11-12-14-15(13-7-2)16(3,17-4)18-5;3-1-2-4/h15H,6-14H2,1-5H3;1-4H2. The van der Waals surface area contributed by atoms with E-state index < -0.39 is 5.79 Å². The number of rotatable bonds is 13. The van der Waals surface area contributed by atoms with E-state index in [1.165, 1.54) is 57.8 Å². The Morgan fingerprint density at radius 2 is 1.27 bits per heavy atom. The van der Waals surface area contributed by atoms with Crippen LogP contribution < -0.4 is 11.5 Å². The van der Waals surface area contributed by atoms with E-state index in [2.05, 4.69) is 20.8 Å². The molecule has 0 aliphatic rings. The fraction of sp³-hybridized carbons (Fsp3) is 1.00.